The van der Waals surface area contributed by atoms with Gasteiger partial charge in [0.15, 0.2) is 0 Å². The van der Waals surface area contributed by atoms with Gasteiger partial charge in [-0.05, 0) is 62.5 Å². The van der Waals surface area contributed by atoms with E-state index in [9.17, 15) is 9.18 Å². The molecule has 2 aromatic rings. The first-order valence-corrected chi connectivity index (χ1v) is 8.02. The van der Waals surface area contributed by atoms with Crippen LogP contribution in [-0.4, -0.2) is 38.7 Å². The van der Waals surface area contributed by atoms with Gasteiger partial charge < -0.3 is 20.3 Å². The molecule has 6 heteroatoms. The molecule has 134 valence electrons. The van der Waals surface area contributed by atoms with Crippen molar-refractivity contribution >= 4 is 11.7 Å². The highest BCUT2D eigenvalue weighted by atomic mass is 19.1. The van der Waals surface area contributed by atoms with Crippen LogP contribution < -0.4 is 15.4 Å². The van der Waals surface area contributed by atoms with Gasteiger partial charge in [-0.3, -0.25) is 0 Å². The first-order valence-electron chi connectivity index (χ1n) is 8.02. The summed E-state index contributed by atoms with van der Waals surface area (Å²) in [5.41, 5.74) is 2.09. The molecule has 2 amide bonds. The van der Waals surface area contributed by atoms with Gasteiger partial charge in [-0.1, -0.05) is 12.1 Å². The van der Waals surface area contributed by atoms with Crippen molar-refractivity contribution in [2.75, 3.05) is 33.1 Å². The van der Waals surface area contributed by atoms with Crippen LogP contribution in [0.3, 0.4) is 0 Å². The highest BCUT2D eigenvalue weighted by Crippen LogP contribution is 2.22. The van der Waals surface area contributed by atoms with Crippen molar-refractivity contribution in [3.05, 3.63) is 59.4 Å². The third kappa shape index (κ3) is 5.19. The lowest BCUT2D eigenvalue weighted by Crippen LogP contribution is -2.36. The van der Waals surface area contributed by atoms with Crippen molar-refractivity contribution in [3.63, 3.8) is 0 Å². The summed E-state index contributed by atoms with van der Waals surface area (Å²) in [4.78, 5) is 14.2. The van der Waals surface area contributed by atoms with Crippen LogP contribution in [0.5, 0.6) is 5.75 Å². The zero-order valence-electron chi connectivity index (χ0n) is 15.0. The Kier molecular flexibility index (Phi) is 6.36. The largest absolute Gasteiger partial charge is 0.497 e. The molecule has 1 atom stereocenters. The highest BCUT2D eigenvalue weighted by Gasteiger charge is 2.16. The molecule has 0 aliphatic heterocycles. The van der Waals surface area contributed by atoms with Crippen molar-refractivity contribution in [1.82, 2.24) is 10.2 Å². The molecule has 25 heavy (non-hydrogen) atoms. The minimum Gasteiger partial charge on any atom is -0.497 e. The van der Waals surface area contributed by atoms with Crippen molar-refractivity contribution in [2.24, 2.45) is 0 Å². The molecule has 0 aliphatic rings. The topological polar surface area (TPSA) is 53.6 Å². The number of amides is 2. The second kappa shape index (κ2) is 8.48. The second-order valence-electron chi connectivity index (χ2n) is 6.06. The van der Waals surface area contributed by atoms with Crippen molar-refractivity contribution in [1.29, 1.82) is 0 Å². The molecule has 2 aromatic carbocycles. The van der Waals surface area contributed by atoms with Gasteiger partial charge in [-0.25, -0.2) is 9.18 Å². The molecule has 5 nitrogen and oxygen atoms in total. The number of carbonyl (C=O) groups is 1. The quantitative estimate of drug-likeness (QED) is 0.842. The number of hydrogen-bond donors (Lipinski definition) is 2. The van der Waals surface area contributed by atoms with Gasteiger partial charge in [0.25, 0.3) is 0 Å². The van der Waals surface area contributed by atoms with E-state index in [2.05, 4.69) is 10.6 Å². The fourth-order valence-electron chi connectivity index (χ4n) is 2.53. The molecule has 0 spiro atoms. The fourth-order valence-corrected chi connectivity index (χ4v) is 2.53. The lowest BCUT2D eigenvalue weighted by molar-refractivity contribution is 0.243. The molecule has 0 saturated carbocycles. The Morgan fingerprint density at radius 2 is 2.00 bits per heavy atom. The van der Waals surface area contributed by atoms with Crippen LogP contribution in [0.1, 0.15) is 17.2 Å². The number of benzene rings is 2. The summed E-state index contributed by atoms with van der Waals surface area (Å²) in [5.74, 6) is 0.479. The van der Waals surface area contributed by atoms with Gasteiger partial charge in [0, 0.05) is 12.2 Å². The van der Waals surface area contributed by atoms with Crippen LogP contribution in [0.25, 0.3) is 0 Å². The summed E-state index contributed by atoms with van der Waals surface area (Å²) >= 11 is 0. The summed E-state index contributed by atoms with van der Waals surface area (Å²) in [6, 6.07) is 11.9. The summed E-state index contributed by atoms with van der Waals surface area (Å²) in [6.45, 7) is 2.08. The summed E-state index contributed by atoms with van der Waals surface area (Å²) in [5, 5.41) is 5.57. The maximum Gasteiger partial charge on any atom is 0.319 e. The molecule has 0 saturated heterocycles. The van der Waals surface area contributed by atoms with E-state index in [0.717, 1.165) is 11.3 Å². The summed E-state index contributed by atoms with van der Waals surface area (Å²) in [7, 11) is 5.53. The summed E-state index contributed by atoms with van der Waals surface area (Å²) < 4.78 is 18.5. The number of rotatable bonds is 6. The first kappa shape index (κ1) is 18.7. The van der Waals surface area contributed by atoms with E-state index in [1.165, 1.54) is 12.1 Å². The predicted molar refractivity (Wildman–Crippen MR) is 97.6 cm³/mol. The van der Waals surface area contributed by atoms with Crippen LogP contribution in [0.15, 0.2) is 42.5 Å². The maximum absolute atomic E-state index is 13.3. The minimum atomic E-state index is -0.333. The zero-order chi connectivity index (χ0) is 18.4. The number of likely N-dealkylation sites (N-methyl/N-ethyl adjacent to an activating group) is 1. The van der Waals surface area contributed by atoms with E-state index in [0.29, 0.717) is 17.8 Å². The number of methoxy groups -OCH3 is 1. The number of aryl methyl sites for hydroxylation is 1. The van der Waals surface area contributed by atoms with Gasteiger partial charge in [0.1, 0.15) is 11.6 Å². The Labute approximate surface area is 147 Å². The molecule has 2 N–H and O–H groups in total. The van der Waals surface area contributed by atoms with Crippen molar-refractivity contribution < 1.29 is 13.9 Å². The molecule has 0 heterocycles. The monoisotopic (exact) mass is 345 g/mol. The van der Waals surface area contributed by atoms with E-state index in [1.54, 1.807) is 20.1 Å². The number of anilines is 1. The fraction of sp³-hybridized carbons (Fsp3) is 0.316. The Bertz CT molecular complexity index is 734. The Balaban J connectivity index is 2.00. The van der Waals surface area contributed by atoms with Crippen LogP contribution in [-0.2, 0) is 0 Å². The normalized spacial score (nSPS) is 11.9. The van der Waals surface area contributed by atoms with E-state index in [-0.39, 0.29) is 17.9 Å². The molecule has 1 unspecified atom stereocenters. The Morgan fingerprint density at radius 3 is 2.64 bits per heavy atom. The Morgan fingerprint density at radius 1 is 1.24 bits per heavy atom. The smallest absolute Gasteiger partial charge is 0.319 e. The van der Waals surface area contributed by atoms with Crippen LogP contribution in [0.2, 0.25) is 0 Å². The van der Waals surface area contributed by atoms with Gasteiger partial charge >= 0.3 is 6.03 Å². The van der Waals surface area contributed by atoms with Gasteiger partial charge in [0.05, 0.1) is 13.2 Å². The third-order valence-corrected chi connectivity index (χ3v) is 3.97. The van der Waals surface area contributed by atoms with E-state index in [1.807, 2.05) is 43.3 Å². The lowest BCUT2D eigenvalue weighted by Gasteiger charge is -2.25. The molecule has 0 bridgehead atoms. The number of ether oxygens (including phenoxy) is 1. The molecule has 0 aliphatic carbocycles. The molecule has 0 aromatic heterocycles. The van der Waals surface area contributed by atoms with Crippen LogP contribution >= 0.6 is 0 Å². The number of nitrogens with zero attached hydrogens (tertiary/aromatic N) is 1. The van der Waals surface area contributed by atoms with E-state index < -0.39 is 0 Å². The number of urea groups is 1. The number of nitrogens with one attached hydrogen (secondary N) is 2. The Hall–Kier alpha value is -2.60. The lowest BCUT2D eigenvalue weighted by atomic mass is 10.1. The molecule has 0 fully saturated rings. The molecule has 0 radical (unpaired) electrons. The van der Waals surface area contributed by atoms with Crippen molar-refractivity contribution in [2.45, 2.75) is 13.0 Å². The molecule has 2 rings (SSSR count). The first-order chi connectivity index (χ1) is 11.9. The third-order valence-electron chi connectivity index (χ3n) is 3.97. The van der Waals surface area contributed by atoms with Crippen LogP contribution in [0.4, 0.5) is 14.9 Å². The zero-order valence-corrected chi connectivity index (χ0v) is 15.0. The van der Waals surface area contributed by atoms with Crippen molar-refractivity contribution in [3.8, 4) is 5.75 Å². The number of hydrogen-bond acceptors (Lipinski definition) is 3. The highest BCUT2D eigenvalue weighted by molar-refractivity contribution is 5.89. The average Bonchev–Trinajstić information content (AvgIpc) is 2.58. The number of carbonyl (C=O) groups excluding carboxylic acids is 1. The second-order valence-corrected chi connectivity index (χ2v) is 6.06. The van der Waals surface area contributed by atoms with E-state index >= 15 is 0 Å². The average molecular weight is 345 g/mol. The standard InChI is InChI=1S/C19H24FN3O2/c1-13-10-15(8-9-17(13)20)22-19(24)21-12-18(23(2)3)14-6-5-7-16(11-14)25-4/h5-11,18H,12H2,1-4H3,(H2,21,22,24). The SMILES string of the molecule is COc1cccc(C(CNC(=O)Nc2ccc(F)c(C)c2)N(C)C)c1. The predicted octanol–water partition coefficient (Wildman–Crippen LogP) is 3.57. The van der Waals surface area contributed by atoms with E-state index in [4.69, 9.17) is 4.74 Å². The maximum atomic E-state index is 13.3. The van der Waals surface area contributed by atoms with Gasteiger partial charge in [-0.15, -0.1) is 0 Å². The minimum absolute atomic E-state index is 0.00389. The number of halogens is 1. The van der Waals surface area contributed by atoms with Gasteiger partial charge in [-0.2, -0.15) is 0 Å². The van der Waals surface area contributed by atoms with Gasteiger partial charge in [0.2, 0.25) is 0 Å². The summed E-state index contributed by atoms with van der Waals surface area (Å²) in [6.07, 6.45) is 0. The van der Waals surface area contributed by atoms with Crippen LogP contribution in [0, 0.1) is 12.7 Å². The molecular formula is C19H24FN3O2. The molecular weight excluding hydrogens is 321 g/mol.